The maximum Gasteiger partial charge on any atom is 0.296 e. The van der Waals surface area contributed by atoms with Crippen LogP contribution in [-0.2, 0) is 20.2 Å². The zero-order valence-corrected chi connectivity index (χ0v) is 26.1. The number of nitrogens with zero attached hydrogens (tertiary/aromatic N) is 4. The van der Waals surface area contributed by atoms with Crippen molar-refractivity contribution in [1.82, 2.24) is 0 Å². The van der Waals surface area contributed by atoms with Crippen LogP contribution in [0.5, 0.6) is 17.2 Å². The number of methoxy groups -OCH3 is 1. The SMILES string of the molecule is COc1cc(N=Nc2c(S(=O)(=O)O)cc3cc(NC(=O)c4ccc(N)cc4)ccc3c2O)c(O)cc1N=Nc1ccc(S(=O)(=O)O)cc1. The van der Waals surface area contributed by atoms with Gasteiger partial charge in [0.2, 0.25) is 0 Å². The summed E-state index contributed by atoms with van der Waals surface area (Å²) in [5, 5.41) is 40.1. The molecule has 0 fully saturated rings. The van der Waals surface area contributed by atoms with Gasteiger partial charge in [0, 0.05) is 34.5 Å². The number of anilines is 2. The smallest absolute Gasteiger partial charge is 0.296 e. The van der Waals surface area contributed by atoms with E-state index in [2.05, 4.69) is 25.8 Å². The van der Waals surface area contributed by atoms with Crippen LogP contribution in [0.3, 0.4) is 0 Å². The number of hydrogen-bond donors (Lipinski definition) is 6. The highest BCUT2D eigenvalue weighted by Gasteiger charge is 2.23. The lowest BCUT2D eigenvalue weighted by atomic mass is 10.1. The number of amides is 1. The number of hydrogen-bond acceptors (Lipinski definition) is 13. The number of phenols is 2. The summed E-state index contributed by atoms with van der Waals surface area (Å²) in [7, 11) is -8.10. The van der Waals surface area contributed by atoms with E-state index >= 15 is 0 Å². The highest BCUT2D eigenvalue weighted by Crippen LogP contribution is 2.44. The molecule has 48 heavy (non-hydrogen) atoms. The zero-order valence-electron chi connectivity index (χ0n) is 24.5. The minimum Gasteiger partial charge on any atom is -0.506 e. The van der Waals surface area contributed by atoms with Crippen LogP contribution < -0.4 is 15.8 Å². The number of carbonyl (C=O) groups is 1. The summed E-state index contributed by atoms with van der Waals surface area (Å²) in [6, 6.07) is 18.5. The van der Waals surface area contributed by atoms with Gasteiger partial charge < -0.3 is 26.0 Å². The maximum atomic E-state index is 12.6. The summed E-state index contributed by atoms with van der Waals surface area (Å²) in [5.41, 5.74) is 6.02. The fourth-order valence-electron chi connectivity index (χ4n) is 4.33. The molecule has 0 aliphatic carbocycles. The molecule has 0 atom stereocenters. The van der Waals surface area contributed by atoms with Crippen molar-refractivity contribution in [3.63, 3.8) is 0 Å². The fraction of sp³-hybridized carbons (Fsp3) is 0.0333. The van der Waals surface area contributed by atoms with Crippen LogP contribution in [0.15, 0.2) is 115 Å². The molecule has 0 heterocycles. The van der Waals surface area contributed by atoms with E-state index in [1.807, 2.05) is 0 Å². The number of aromatic hydroxyl groups is 2. The first kappa shape index (κ1) is 33.4. The molecule has 5 aromatic rings. The Balaban J connectivity index is 1.46. The quantitative estimate of drug-likeness (QED) is 0.0557. The molecule has 0 aliphatic heterocycles. The van der Waals surface area contributed by atoms with Gasteiger partial charge in [-0.1, -0.05) is 0 Å². The lowest BCUT2D eigenvalue weighted by Crippen LogP contribution is -2.11. The van der Waals surface area contributed by atoms with Crippen molar-refractivity contribution < 1.29 is 45.7 Å². The average molecular weight is 693 g/mol. The number of phenolic OH excluding ortho intramolecular Hbond substituents is 2. The van der Waals surface area contributed by atoms with Crippen LogP contribution in [-0.4, -0.2) is 49.2 Å². The van der Waals surface area contributed by atoms with Crippen molar-refractivity contribution in [2.45, 2.75) is 9.79 Å². The highest BCUT2D eigenvalue weighted by molar-refractivity contribution is 7.86. The Bertz CT molecular complexity index is 2350. The van der Waals surface area contributed by atoms with E-state index in [-0.39, 0.29) is 44.2 Å². The van der Waals surface area contributed by atoms with Gasteiger partial charge >= 0.3 is 0 Å². The van der Waals surface area contributed by atoms with Gasteiger partial charge in [-0.15, -0.1) is 15.3 Å². The number of nitrogens with two attached hydrogens (primary N) is 1. The number of fused-ring (bicyclic) bond motifs is 1. The predicted molar refractivity (Wildman–Crippen MR) is 174 cm³/mol. The third-order valence-electron chi connectivity index (χ3n) is 6.70. The van der Waals surface area contributed by atoms with E-state index in [9.17, 15) is 36.4 Å². The van der Waals surface area contributed by atoms with Crippen LogP contribution in [0.2, 0.25) is 0 Å². The highest BCUT2D eigenvalue weighted by atomic mass is 32.2. The summed E-state index contributed by atoms with van der Waals surface area (Å²) in [5.74, 6) is -1.62. The Morgan fingerprint density at radius 3 is 2.06 bits per heavy atom. The predicted octanol–water partition coefficient (Wildman–Crippen LogP) is 6.42. The number of carbonyl (C=O) groups excluding carboxylic acids is 1. The Morgan fingerprint density at radius 2 is 1.44 bits per heavy atom. The lowest BCUT2D eigenvalue weighted by Gasteiger charge is -2.11. The molecule has 0 aromatic heterocycles. The van der Waals surface area contributed by atoms with Crippen LogP contribution in [0.25, 0.3) is 10.8 Å². The summed E-state index contributed by atoms with van der Waals surface area (Å²) >= 11 is 0. The van der Waals surface area contributed by atoms with Gasteiger partial charge in [0.05, 0.1) is 17.7 Å². The molecule has 5 rings (SSSR count). The van der Waals surface area contributed by atoms with E-state index in [0.717, 1.165) is 24.3 Å². The van der Waals surface area contributed by atoms with E-state index in [4.69, 9.17) is 15.0 Å². The molecule has 0 aliphatic rings. The molecule has 0 spiro atoms. The molecule has 7 N–H and O–H groups in total. The first-order valence-electron chi connectivity index (χ1n) is 13.4. The molecular formula is C30H24N6O10S2. The molecule has 16 nitrogen and oxygen atoms in total. The average Bonchev–Trinajstić information content (AvgIpc) is 3.03. The molecule has 5 aromatic carbocycles. The number of nitrogen functional groups attached to an aromatic ring is 1. The van der Waals surface area contributed by atoms with Crippen LogP contribution in [0, 0.1) is 0 Å². The van der Waals surface area contributed by atoms with Gasteiger partial charge in [0.1, 0.15) is 33.5 Å². The molecule has 1 amide bonds. The summed E-state index contributed by atoms with van der Waals surface area (Å²) in [6.45, 7) is 0. The van der Waals surface area contributed by atoms with Gasteiger partial charge in [-0.3, -0.25) is 13.9 Å². The zero-order chi connectivity index (χ0) is 34.8. The molecule has 0 unspecified atom stereocenters. The number of rotatable bonds is 9. The third kappa shape index (κ3) is 7.37. The standard InChI is InChI=1S/C30H24N6O10S2/c1-46-26-15-23(25(37)14-24(26)35-33-19-6-9-21(10-7-19)47(40,41)42)34-36-28-27(48(43,44)45)13-17-12-20(8-11-22(17)29(28)38)32-30(39)16-2-4-18(31)5-3-16/h2-15,37-38H,31H2,1H3,(H,32,39)(H,40,41,42)(H,43,44,45). The molecule has 0 radical (unpaired) electrons. The second-order valence-electron chi connectivity index (χ2n) is 9.94. The number of nitrogens with one attached hydrogen (secondary N) is 1. The summed E-state index contributed by atoms with van der Waals surface area (Å²) < 4.78 is 71.5. The van der Waals surface area contributed by atoms with E-state index in [1.54, 1.807) is 12.1 Å². The molecule has 0 bridgehead atoms. The minimum atomic E-state index is -4.98. The Morgan fingerprint density at radius 1 is 0.771 bits per heavy atom. The Kier molecular flexibility index (Phi) is 9.08. The lowest BCUT2D eigenvalue weighted by molar-refractivity contribution is 0.102. The van der Waals surface area contributed by atoms with Crippen LogP contribution >= 0.6 is 0 Å². The van der Waals surface area contributed by atoms with Crippen molar-refractivity contribution >= 4 is 71.0 Å². The molecule has 0 saturated heterocycles. The maximum absolute atomic E-state index is 12.6. The van der Waals surface area contributed by atoms with Crippen molar-refractivity contribution in [3.8, 4) is 17.2 Å². The Hall–Kier alpha value is -5.95. The normalized spacial score (nSPS) is 12.1. The van der Waals surface area contributed by atoms with Gasteiger partial charge in [-0.25, -0.2) is 0 Å². The third-order valence-corrected chi connectivity index (χ3v) is 8.44. The van der Waals surface area contributed by atoms with Crippen molar-refractivity contribution in [2.24, 2.45) is 20.5 Å². The van der Waals surface area contributed by atoms with Crippen molar-refractivity contribution in [3.05, 3.63) is 90.5 Å². The largest absolute Gasteiger partial charge is 0.506 e. The monoisotopic (exact) mass is 692 g/mol. The topological polar surface area (TPSA) is 263 Å². The molecule has 0 saturated carbocycles. The second-order valence-corrected chi connectivity index (χ2v) is 12.8. The van der Waals surface area contributed by atoms with Crippen LogP contribution in [0.1, 0.15) is 10.4 Å². The van der Waals surface area contributed by atoms with E-state index < -0.39 is 48.2 Å². The Labute approximate surface area is 272 Å². The first-order valence-corrected chi connectivity index (χ1v) is 16.3. The molecular weight excluding hydrogens is 668 g/mol. The number of azo groups is 2. The molecule has 246 valence electrons. The first-order chi connectivity index (χ1) is 22.6. The van der Waals surface area contributed by atoms with E-state index in [1.165, 1.54) is 55.6 Å². The van der Waals surface area contributed by atoms with Gasteiger partial charge in [-0.05, 0) is 78.2 Å². The van der Waals surface area contributed by atoms with Crippen molar-refractivity contribution in [2.75, 3.05) is 18.2 Å². The second kappa shape index (κ2) is 13.0. The number of benzene rings is 5. The van der Waals surface area contributed by atoms with Gasteiger partial charge in [-0.2, -0.15) is 21.9 Å². The summed E-state index contributed by atoms with van der Waals surface area (Å²) in [4.78, 5) is 11.5. The van der Waals surface area contributed by atoms with Crippen molar-refractivity contribution in [1.29, 1.82) is 0 Å². The number of ether oxygens (including phenoxy) is 1. The van der Waals surface area contributed by atoms with Gasteiger partial charge in [0.25, 0.3) is 26.1 Å². The van der Waals surface area contributed by atoms with Gasteiger partial charge in [0.15, 0.2) is 5.75 Å². The summed E-state index contributed by atoms with van der Waals surface area (Å²) in [6.07, 6.45) is 0. The van der Waals surface area contributed by atoms with Crippen LogP contribution in [0.4, 0.5) is 34.1 Å². The van der Waals surface area contributed by atoms with E-state index in [0.29, 0.717) is 11.3 Å². The minimum absolute atomic E-state index is 0.0132. The fourth-order valence-corrected chi connectivity index (χ4v) is 5.47. The molecule has 18 heteroatoms.